The third kappa shape index (κ3) is 8.50. The van der Waals surface area contributed by atoms with Crippen molar-refractivity contribution in [2.45, 2.75) is 67.3 Å². The molecule has 0 saturated heterocycles. The first-order valence-corrected chi connectivity index (χ1v) is 8.46. The molecule has 0 bridgehead atoms. The summed E-state index contributed by atoms with van der Waals surface area (Å²) in [7, 11) is 0. The highest BCUT2D eigenvalue weighted by atomic mass is 16.5. The first-order valence-electron chi connectivity index (χ1n) is 8.46. The van der Waals surface area contributed by atoms with Gasteiger partial charge in [0.1, 0.15) is 23.3 Å². The molecule has 0 saturated carbocycles. The lowest BCUT2D eigenvalue weighted by molar-refractivity contribution is 0.317. The van der Waals surface area contributed by atoms with Gasteiger partial charge in [0.2, 0.25) is 0 Å². The summed E-state index contributed by atoms with van der Waals surface area (Å²) in [5.74, 6) is 1.69. The number of nitriles is 1. The van der Waals surface area contributed by atoms with Crippen molar-refractivity contribution >= 4 is 0 Å². The van der Waals surface area contributed by atoms with E-state index in [1.807, 2.05) is 19.1 Å². The second-order valence-corrected chi connectivity index (χ2v) is 8.77. The minimum Gasteiger partial charge on any atom is -0.361 e. The molecule has 0 spiro atoms. The van der Waals surface area contributed by atoms with Gasteiger partial charge in [0.15, 0.2) is 5.69 Å². The zero-order valence-corrected chi connectivity index (χ0v) is 16.4. The molecule has 25 heavy (non-hydrogen) atoms. The molecular weight excluding hydrogens is 316 g/mol. The molecule has 0 aliphatic rings. The van der Waals surface area contributed by atoms with Crippen molar-refractivity contribution in [2.75, 3.05) is 0 Å². The lowest BCUT2D eigenvalue weighted by atomic mass is 9.91. The molecule has 6 heteroatoms. The number of aromatic nitrogens is 2. The number of nitrogens with zero attached hydrogens (tertiary/aromatic N) is 3. The van der Waals surface area contributed by atoms with Crippen LogP contribution < -0.4 is 5.73 Å². The highest BCUT2D eigenvalue weighted by molar-refractivity contribution is 5.19. The van der Waals surface area contributed by atoms with E-state index in [1.165, 1.54) is 0 Å². The van der Waals surface area contributed by atoms with Crippen LogP contribution >= 0.6 is 0 Å². The van der Waals surface area contributed by atoms with E-state index in [0.29, 0.717) is 5.69 Å². The highest BCUT2D eigenvalue weighted by Gasteiger charge is 2.16. The standard InChI is InChI=1S/C10H18N2O.C9H12N2O/c1-7(11)9-5-8(13-12-9)6-10(2,3)4;1-9(2,3)5-8-4-7(6-10)11-12-8/h5,7H,6,11H2,1-4H3;4H,5H2,1-3H3. The monoisotopic (exact) mass is 346 g/mol. The number of nitrogens with two attached hydrogens (primary N) is 1. The van der Waals surface area contributed by atoms with Crippen molar-refractivity contribution in [3.8, 4) is 6.07 Å². The molecular formula is C19H30N4O2. The van der Waals surface area contributed by atoms with Crippen LogP contribution in [0.25, 0.3) is 0 Å². The summed E-state index contributed by atoms with van der Waals surface area (Å²) in [5, 5.41) is 16.0. The maximum Gasteiger partial charge on any atom is 0.183 e. The van der Waals surface area contributed by atoms with Gasteiger partial charge in [0, 0.05) is 31.0 Å². The molecule has 0 fully saturated rings. The van der Waals surface area contributed by atoms with E-state index >= 15 is 0 Å². The first-order chi connectivity index (χ1) is 11.4. The van der Waals surface area contributed by atoms with Crippen LogP contribution in [0.3, 0.4) is 0 Å². The predicted molar refractivity (Wildman–Crippen MR) is 96.6 cm³/mol. The maximum atomic E-state index is 8.48. The zero-order chi connectivity index (χ0) is 19.3. The lowest BCUT2D eigenvalue weighted by Crippen LogP contribution is -2.08. The van der Waals surface area contributed by atoms with Gasteiger partial charge in [-0.25, -0.2) is 0 Å². The summed E-state index contributed by atoms with van der Waals surface area (Å²) in [6.45, 7) is 14.7. The fraction of sp³-hybridized carbons (Fsp3) is 0.632. The molecule has 2 heterocycles. The zero-order valence-electron chi connectivity index (χ0n) is 16.4. The summed E-state index contributed by atoms with van der Waals surface area (Å²) < 4.78 is 10.1. The maximum absolute atomic E-state index is 8.48. The van der Waals surface area contributed by atoms with E-state index < -0.39 is 0 Å². The first kappa shape index (κ1) is 20.9. The normalized spacial score (nSPS) is 12.9. The Morgan fingerprint density at radius 1 is 1.00 bits per heavy atom. The van der Waals surface area contributed by atoms with Crippen LogP contribution in [-0.4, -0.2) is 10.3 Å². The van der Waals surface area contributed by atoms with Crippen LogP contribution in [0.4, 0.5) is 0 Å². The highest BCUT2D eigenvalue weighted by Crippen LogP contribution is 2.22. The van der Waals surface area contributed by atoms with Crippen LogP contribution in [0, 0.1) is 22.2 Å². The fourth-order valence-corrected chi connectivity index (χ4v) is 2.12. The molecule has 2 aromatic rings. The summed E-state index contributed by atoms with van der Waals surface area (Å²) >= 11 is 0. The van der Waals surface area contributed by atoms with Crippen LogP contribution in [0.5, 0.6) is 0 Å². The molecule has 1 unspecified atom stereocenters. The summed E-state index contributed by atoms with van der Waals surface area (Å²) in [5.41, 5.74) is 7.26. The Kier molecular flexibility index (Phi) is 6.95. The number of hydrogen-bond donors (Lipinski definition) is 1. The Labute approximate surface area is 150 Å². The van der Waals surface area contributed by atoms with Crippen molar-refractivity contribution < 1.29 is 9.05 Å². The van der Waals surface area contributed by atoms with Gasteiger partial charge in [-0.1, -0.05) is 51.9 Å². The largest absolute Gasteiger partial charge is 0.361 e. The van der Waals surface area contributed by atoms with Crippen molar-refractivity contribution in [1.29, 1.82) is 5.26 Å². The number of hydrogen-bond acceptors (Lipinski definition) is 6. The molecule has 0 aliphatic heterocycles. The summed E-state index contributed by atoms with van der Waals surface area (Å²) in [4.78, 5) is 0. The Bertz CT molecular complexity index is 694. The van der Waals surface area contributed by atoms with Crippen LogP contribution in [0.15, 0.2) is 21.2 Å². The Morgan fingerprint density at radius 3 is 1.84 bits per heavy atom. The van der Waals surface area contributed by atoms with Crippen LogP contribution in [0.2, 0.25) is 0 Å². The topological polar surface area (TPSA) is 102 Å². The third-order valence-electron chi connectivity index (χ3n) is 3.13. The van der Waals surface area contributed by atoms with Gasteiger partial charge in [-0.3, -0.25) is 0 Å². The SMILES string of the molecule is CC(C)(C)Cc1cc(C#N)no1.CC(N)c1cc(CC(C)(C)C)on1. The molecule has 2 rings (SSSR count). The molecule has 2 aromatic heterocycles. The van der Waals surface area contributed by atoms with Crippen molar-refractivity contribution in [2.24, 2.45) is 16.6 Å². The summed E-state index contributed by atoms with van der Waals surface area (Å²) in [6.07, 6.45) is 1.70. The van der Waals surface area contributed by atoms with E-state index in [9.17, 15) is 0 Å². The van der Waals surface area contributed by atoms with E-state index in [2.05, 4.69) is 51.9 Å². The second kappa shape index (κ2) is 8.30. The predicted octanol–water partition coefficient (Wildman–Crippen LogP) is 4.42. The van der Waals surface area contributed by atoms with Gasteiger partial charge < -0.3 is 14.8 Å². The third-order valence-corrected chi connectivity index (χ3v) is 3.13. The van der Waals surface area contributed by atoms with E-state index in [0.717, 1.165) is 30.1 Å². The van der Waals surface area contributed by atoms with Gasteiger partial charge in [0.05, 0.1) is 0 Å². The lowest BCUT2D eigenvalue weighted by Gasteiger charge is -2.14. The molecule has 6 nitrogen and oxygen atoms in total. The Balaban J connectivity index is 0.000000251. The molecule has 1 atom stereocenters. The molecule has 0 radical (unpaired) electrons. The minimum atomic E-state index is -0.0440. The average Bonchev–Trinajstić information content (AvgIpc) is 3.05. The van der Waals surface area contributed by atoms with Crippen LogP contribution in [0.1, 0.15) is 77.4 Å². The molecule has 2 N–H and O–H groups in total. The Morgan fingerprint density at radius 2 is 1.48 bits per heavy atom. The molecule has 0 aromatic carbocycles. The fourth-order valence-electron chi connectivity index (χ4n) is 2.12. The molecule has 0 aliphatic carbocycles. The van der Waals surface area contributed by atoms with Crippen molar-refractivity contribution in [3.63, 3.8) is 0 Å². The van der Waals surface area contributed by atoms with Crippen LogP contribution in [-0.2, 0) is 12.8 Å². The van der Waals surface area contributed by atoms with E-state index in [-0.39, 0.29) is 16.9 Å². The van der Waals surface area contributed by atoms with E-state index in [4.69, 9.17) is 20.0 Å². The van der Waals surface area contributed by atoms with Gasteiger partial charge >= 0.3 is 0 Å². The molecule has 138 valence electrons. The van der Waals surface area contributed by atoms with Gasteiger partial charge in [0.25, 0.3) is 0 Å². The van der Waals surface area contributed by atoms with Crippen molar-refractivity contribution in [3.05, 3.63) is 35.0 Å². The van der Waals surface area contributed by atoms with Gasteiger partial charge in [-0.2, -0.15) is 5.26 Å². The van der Waals surface area contributed by atoms with Crippen molar-refractivity contribution in [1.82, 2.24) is 10.3 Å². The van der Waals surface area contributed by atoms with Gasteiger partial charge in [-0.05, 0) is 17.8 Å². The molecule has 0 amide bonds. The number of rotatable bonds is 3. The Hall–Kier alpha value is -2.13. The second-order valence-electron chi connectivity index (χ2n) is 8.77. The quantitative estimate of drug-likeness (QED) is 0.882. The van der Waals surface area contributed by atoms with Gasteiger partial charge in [-0.15, -0.1) is 0 Å². The van der Waals surface area contributed by atoms with E-state index in [1.54, 1.807) is 6.07 Å². The average molecular weight is 346 g/mol. The minimum absolute atomic E-state index is 0.0440. The smallest absolute Gasteiger partial charge is 0.183 e. The summed E-state index contributed by atoms with van der Waals surface area (Å²) in [6, 6.07) is 5.51.